The fourth-order valence-electron chi connectivity index (χ4n) is 3.12. The summed E-state index contributed by atoms with van der Waals surface area (Å²) >= 11 is 0. The number of nitrogens with two attached hydrogens (primary N) is 1. The molecule has 3 rings (SSSR count). The van der Waals surface area contributed by atoms with Crippen LogP contribution in [-0.2, 0) is 14.8 Å². The van der Waals surface area contributed by atoms with Gasteiger partial charge < -0.3 is 19.5 Å². The Bertz CT molecular complexity index is 1180. The minimum Gasteiger partial charge on any atom is -0.493 e. The van der Waals surface area contributed by atoms with Crippen LogP contribution in [0.4, 0.5) is 5.82 Å². The third-order valence-electron chi connectivity index (χ3n) is 4.68. The molecule has 0 aliphatic heterocycles. The molecule has 0 unspecified atom stereocenters. The number of anilines is 1. The quantitative estimate of drug-likeness (QED) is 0.481. The lowest BCUT2D eigenvalue weighted by Crippen LogP contribution is -2.14. The summed E-state index contributed by atoms with van der Waals surface area (Å²) in [6.07, 6.45) is 0. The number of aromatic nitrogens is 2. The Morgan fingerprint density at radius 3 is 2.55 bits per heavy atom. The zero-order valence-electron chi connectivity index (χ0n) is 17.9. The number of benzene rings is 2. The molecule has 31 heavy (non-hydrogen) atoms. The molecule has 0 bridgehead atoms. The van der Waals surface area contributed by atoms with Crippen molar-refractivity contribution >= 4 is 26.7 Å². The summed E-state index contributed by atoms with van der Waals surface area (Å²) in [4.78, 5) is 9.10. The van der Waals surface area contributed by atoms with Crippen molar-refractivity contribution in [1.82, 2.24) is 9.97 Å². The van der Waals surface area contributed by atoms with E-state index in [9.17, 15) is 8.42 Å². The Kier molecular flexibility index (Phi) is 6.94. The molecular formula is C21H26N4O5S. The number of primary sulfonamides is 1. The number of aryl methyl sites for hydroxylation is 1. The van der Waals surface area contributed by atoms with Gasteiger partial charge >= 0.3 is 0 Å². The van der Waals surface area contributed by atoms with E-state index in [1.54, 1.807) is 39.3 Å². The molecule has 1 aromatic heterocycles. The first-order valence-electron chi connectivity index (χ1n) is 9.60. The van der Waals surface area contributed by atoms with Crippen molar-refractivity contribution in [3.8, 4) is 11.5 Å². The number of sulfonamides is 1. The van der Waals surface area contributed by atoms with Crippen LogP contribution in [-0.4, -0.2) is 45.8 Å². The zero-order valence-corrected chi connectivity index (χ0v) is 18.7. The van der Waals surface area contributed by atoms with Crippen LogP contribution in [0.5, 0.6) is 11.5 Å². The van der Waals surface area contributed by atoms with E-state index in [-0.39, 0.29) is 10.9 Å². The molecule has 166 valence electrons. The molecule has 0 spiro atoms. The molecule has 1 atom stereocenters. The van der Waals surface area contributed by atoms with Gasteiger partial charge in [-0.25, -0.2) is 23.5 Å². The molecule has 0 saturated carbocycles. The van der Waals surface area contributed by atoms with E-state index in [4.69, 9.17) is 19.3 Å². The van der Waals surface area contributed by atoms with Crippen LogP contribution >= 0.6 is 0 Å². The van der Waals surface area contributed by atoms with Crippen molar-refractivity contribution in [2.75, 3.05) is 32.8 Å². The van der Waals surface area contributed by atoms with Crippen LogP contribution in [0.1, 0.15) is 24.4 Å². The maximum Gasteiger partial charge on any atom is 0.238 e. The average Bonchev–Trinajstić information content (AvgIpc) is 2.73. The maximum atomic E-state index is 11.7. The highest BCUT2D eigenvalue weighted by atomic mass is 32.2. The maximum absolute atomic E-state index is 11.7. The highest BCUT2D eigenvalue weighted by Gasteiger charge is 2.16. The molecule has 0 amide bonds. The Hall–Kier alpha value is -2.95. The van der Waals surface area contributed by atoms with Crippen molar-refractivity contribution in [1.29, 1.82) is 0 Å². The lowest BCUT2D eigenvalue weighted by molar-refractivity contribution is 0.144. The molecule has 9 nitrogen and oxygen atoms in total. The van der Waals surface area contributed by atoms with Crippen LogP contribution in [0.2, 0.25) is 0 Å². The summed E-state index contributed by atoms with van der Waals surface area (Å²) in [5, 5.41) is 9.35. The second-order valence-electron chi connectivity index (χ2n) is 6.96. The van der Waals surface area contributed by atoms with Crippen molar-refractivity contribution < 1.29 is 22.6 Å². The summed E-state index contributed by atoms with van der Waals surface area (Å²) < 4.78 is 39.7. The molecule has 0 radical (unpaired) electrons. The van der Waals surface area contributed by atoms with Gasteiger partial charge in [0.05, 0.1) is 30.2 Å². The molecule has 0 aliphatic rings. The van der Waals surface area contributed by atoms with Gasteiger partial charge in [0.1, 0.15) is 18.2 Å². The minimum atomic E-state index is -3.79. The lowest BCUT2D eigenvalue weighted by atomic mass is 10.1. The van der Waals surface area contributed by atoms with Crippen LogP contribution in [0.15, 0.2) is 41.3 Å². The zero-order chi connectivity index (χ0) is 22.6. The van der Waals surface area contributed by atoms with Crippen molar-refractivity contribution in [2.45, 2.75) is 24.8 Å². The predicted octanol–water partition coefficient (Wildman–Crippen LogP) is 2.79. The molecule has 10 heteroatoms. The Labute approximate surface area is 181 Å². The predicted molar refractivity (Wildman–Crippen MR) is 118 cm³/mol. The van der Waals surface area contributed by atoms with Crippen LogP contribution in [0.25, 0.3) is 10.9 Å². The number of nitrogens with zero attached hydrogens (tertiary/aromatic N) is 2. The summed E-state index contributed by atoms with van der Waals surface area (Å²) in [6.45, 7) is 4.51. The monoisotopic (exact) mass is 446 g/mol. The highest BCUT2D eigenvalue weighted by Crippen LogP contribution is 2.35. The first-order chi connectivity index (χ1) is 14.7. The van der Waals surface area contributed by atoms with Gasteiger partial charge in [-0.15, -0.1) is 0 Å². The highest BCUT2D eigenvalue weighted by molar-refractivity contribution is 7.89. The molecule has 0 fully saturated rings. The number of fused-ring (bicyclic) bond motifs is 1. The second kappa shape index (κ2) is 9.46. The van der Waals surface area contributed by atoms with Gasteiger partial charge in [-0.3, -0.25) is 0 Å². The summed E-state index contributed by atoms with van der Waals surface area (Å²) in [5.41, 5.74) is 1.44. The molecule has 0 saturated heterocycles. The van der Waals surface area contributed by atoms with Gasteiger partial charge in [0.2, 0.25) is 10.0 Å². The van der Waals surface area contributed by atoms with Gasteiger partial charge in [0.15, 0.2) is 11.5 Å². The Morgan fingerprint density at radius 1 is 1.10 bits per heavy atom. The van der Waals surface area contributed by atoms with E-state index in [0.717, 1.165) is 10.9 Å². The molecule has 3 N–H and O–H groups in total. The molecule has 3 aromatic rings. The Balaban J connectivity index is 2.00. The lowest BCUT2D eigenvalue weighted by Gasteiger charge is -2.18. The average molecular weight is 447 g/mol. The van der Waals surface area contributed by atoms with E-state index < -0.39 is 10.0 Å². The number of methoxy groups -OCH3 is 2. The number of rotatable bonds is 9. The molecule has 2 aromatic carbocycles. The first kappa shape index (κ1) is 22.7. The van der Waals surface area contributed by atoms with E-state index >= 15 is 0 Å². The van der Waals surface area contributed by atoms with Gasteiger partial charge in [-0.1, -0.05) is 12.1 Å². The van der Waals surface area contributed by atoms with E-state index in [2.05, 4.69) is 15.3 Å². The standard InChI is InChI=1S/C21H26N4O5S/c1-13(15-6-5-7-16(10-15)31(22,26)27)23-21-17-11-20(30-9-8-28-3)19(29-4)12-18(17)24-14(2)25-21/h5-7,10-13H,8-9H2,1-4H3,(H2,22,26,27)(H,23,24,25)/t13-/m1/s1. The molecule has 0 aliphatic carbocycles. The van der Waals surface area contributed by atoms with Crippen LogP contribution < -0.4 is 19.9 Å². The molecule has 1 heterocycles. The van der Waals surface area contributed by atoms with Gasteiger partial charge in [-0.05, 0) is 37.6 Å². The number of hydrogen-bond donors (Lipinski definition) is 2. The van der Waals surface area contributed by atoms with Gasteiger partial charge in [-0.2, -0.15) is 0 Å². The SMILES string of the molecule is COCCOc1cc2c(N[C@H](C)c3cccc(S(N)(=O)=O)c3)nc(C)nc2cc1OC. The summed E-state index contributed by atoms with van der Waals surface area (Å²) in [5.74, 6) is 2.28. The first-order valence-corrected chi connectivity index (χ1v) is 11.1. The van der Waals surface area contributed by atoms with E-state index in [1.807, 2.05) is 19.1 Å². The number of hydrogen-bond acceptors (Lipinski definition) is 8. The third kappa shape index (κ3) is 5.40. The van der Waals surface area contributed by atoms with E-state index in [0.29, 0.717) is 41.9 Å². The van der Waals surface area contributed by atoms with Crippen molar-refractivity contribution in [2.24, 2.45) is 5.14 Å². The number of ether oxygens (including phenoxy) is 3. The largest absolute Gasteiger partial charge is 0.493 e. The van der Waals surface area contributed by atoms with Gasteiger partial charge in [0, 0.05) is 18.6 Å². The fraction of sp³-hybridized carbons (Fsp3) is 0.333. The summed E-state index contributed by atoms with van der Waals surface area (Å²) in [6, 6.07) is 9.85. The van der Waals surface area contributed by atoms with Crippen LogP contribution in [0, 0.1) is 6.92 Å². The fourth-order valence-corrected chi connectivity index (χ4v) is 3.69. The second-order valence-corrected chi connectivity index (χ2v) is 8.53. The number of nitrogens with one attached hydrogen (secondary N) is 1. The molecular weight excluding hydrogens is 420 g/mol. The van der Waals surface area contributed by atoms with Crippen LogP contribution in [0.3, 0.4) is 0 Å². The smallest absolute Gasteiger partial charge is 0.238 e. The minimum absolute atomic E-state index is 0.0564. The van der Waals surface area contributed by atoms with Crippen molar-refractivity contribution in [3.63, 3.8) is 0 Å². The topological polar surface area (TPSA) is 126 Å². The Morgan fingerprint density at radius 2 is 1.87 bits per heavy atom. The normalized spacial score (nSPS) is 12.5. The van der Waals surface area contributed by atoms with Crippen molar-refractivity contribution in [3.05, 3.63) is 47.8 Å². The third-order valence-corrected chi connectivity index (χ3v) is 5.59. The van der Waals surface area contributed by atoms with Gasteiger partial charge in [0.25, 0.3) is 0 Å². The summed E-state index contributed by atoms with van der Waals surface area (Å²) in [7, 11) is -0.621. The van der Waals surface area contributed by atoms with E-state index in [1.165, 1.54) is 6.07 Å².